The summed E-state index contributed by atoms with van der Waals surface area (Å²) < 4.78 is 17.0. The topological polar surface area (TPSA) is 27.7 Å². The lowest BCUT2D eigenvalue weighted by molar-refractivity contribution is -0.259. The van der Waals surface area contributed by atoms with Gasteiger partial charge >= 0.3 is 0 Å². The molecule has 0 aromatic carbocycles. The Bertz CT molecular complexity index is 189. The summed E-state index contributed by atoms with van der Waals surface area (Å²) in [6.45, 7) is 0. The lowest BCUT2D eigenvalue weighted by Gasteiger charge is -2.31. The molecule has 3 nitrogen and oxygen atoms in total. The van der Waals surface area contributed by atoms with Gasteiger partial charge in [0.15, 0.2) is 12.6 Å². The van der Waals surface area contributed by atoms with Gasteiger partial charge in [-0.25, -0.2) is 0 Å². The van der Waals surface area contributed by atoms with E-state index < -0.39 is 0 Å². The quantitative estimate of drug-likeness (QED) is 0.272. The Balaban J connectivity index is 4.60. The summed E-state index contributed by atoms with van der Waals surface area (Å²) >= 11 is 14.0. The molecule has 0 aliphatic carbocycles. The van der Waals surface area contributed by atoms with E-state index in [0.29, 0.717) is 11.8 Å². The van der Waals surface area contributed by atoms with Crippen molar-refractivity contribution in [2.75, 3.05) is 35.5 Å². The molecule has 4 unspecified atom stereocenters. The van der Waals surface area contributed by atoms with E-state index >= 15 is 0 Å². The molecule has 7 heteroatoms. The zero-order valence-corrected chi connectivity index (χ0v) is 17.6. The number of ether oxygens (including phenoxy) is 3. The van der Waals surface area contributed by atoms with Gasteiger partial charge in [-0.3, -0.25) is 0 Å². The Labute approximate surface area is 150 Å². The Hall–Kier alpha value is 1.80. The Morgan fingerprint density at radius 1 is 0.737 bits per heavy atom. The van der Waals surface area contributed by atoms with Gasteiger partial charge in [0.2, 0.25) is 0 Å². The number of methoxy groups -OCH3 is 2. The highest BCUT2D eigenvalue weighted by molar-refractivity contribution is 9.09. The van der Waals surface area contributed by atoms with E-state index in [4.69, 9.17) is 14.2 Å². The minimum atomic E-state index is -0.265. The normalized spacial score (nSPS) is 18.0. The summed E-state index contributed by atoms with van der Waals surface area (Å²) in [5, 5.41) is 3.52. The minimum Gasteiger partial charge on any atom is -0.355 e. The molecule has 0 aliphatic rings. The SMILES string of the molecule is COC(OC(OC)C(CBr)CCBr)C(CBr)CCBr. The van der Waals surface area contributed by atoms with Crippen molar-refractivity contribution in [3.05, 3.63) is 0 Å². The molecule has 0 heterocycles. The number of alkyl halides is 4. The number of rotatable bonds is 12. The number of hydrogen-bond donors (Lipinski definition) is 0. The van der Waals surface area contributed by atoms with Gasteiger partial charge in [-0.1, -0.05) is 63.7 Å². The monoisotopic (exact) mass is 530 g/mol. The first-order valence-electron chi connectivity index (χ1n) is 6.13. The molecule has 0 fully saturated rings. The zero-order chi connectivity index (χ0) is 14.7. The van der Waals surface area contributed by atoms with Crippen LogP contribution < -0.4 is 0 Å². The molecule has 0 aliphatic heterocycles. The maximum atomic E-state index is 6.01. The van der Waals surface area contributed by atoms with Gasteiger partial charge < -0.3 is 14.2 Å². The minimum absolute atomic E-state index is 0.265. The molecule has 0 saturated heterocycles. The molecule has 116 valence electrons. The van der Waals surface area contributed by atoms with Gasteiger partial charge in [-0.05, 0) is 12.8 Å². The van der Waals surface area contributed by atoms with Gasteiger partial charge in [0.05, 0.1) is 0 Å². The second-order valence-electron chi connectivity index (χ2n) is 4.13. The molecule has 19 heavy (non-hydrogen) atoms. The maximum Gasteiger partial charge on any atom is 0.163 e. The molecule has 0 bridgehead atoms. The van der Waals surface area contributed by atoms with E-state index in [1.807, 2.05) is 0 Å². The van der Waals surface area contributed by atoms with Crippen LogP contribution in [0.15, 0.2) is 0 Å². The molecule has 4 atom stereocenters. The van der Waals surface area contributed by atoms with E-state index in [0.717, 1.165) is 34.2 Å². The van der Waals surface area contributed by atoms with Gasteiger partial charge in [0.1, 0.15) is 0 Å². The summed E-state index contributed by atoms with van der Waals surface area (Å²) in [5.74, 6) is 0.587. The largest absolute Gasteiger partial charge is 0.355 e. The van der Waals surface area contributed by atoms with Gasteiger partial charge in [0.25, 0.3) is 0 Å². The Morgan fingerprint density at radius 2 is 1.11 bits per heavy atom. The highest BCUT2D eigenvalue weighted by atomic mass is 79.9. The van der Waals surface area contributed by atoms with Gasteiger partial charge in [-0.15, -0.1) is 0 Å². The van der Waals surface area contributed by atoms with Crippen LogP contribution in [0.5, 0.6) is 0 Å². The summed E-state index contributed by atoms with van der Waals surface area (Å²) in [7, 11) is 3.35. The van der Waals surface area contributed by atoms with Crippen LogP contribution in [0.2, 0.25) is 0 Å². The average Bonchev–Trinajstić information content (AvgIpc) is 2.44. The highest BCUT2D eigenvalue weighted by Gasteiger charge is 2.28. The van der Waals surface area contributed by atoms with Crippen molar-refractivity contribution in [2.45, 2.75) is 25.4 Å². The third kappa shape index (κ3) is 8.12. The van der Waals surface area contributed by atoms with Gasteiger partial charge in [0, 0.05) is 47.4 Å². The molecular weight excluding hydrogens is 512 g/mol. The van der Waals surface area contributed by atoms with E-state index in [2.05, 4.69) is 63.7 Å². The molecule has 0 spiro atoms. The fourth-order valence-corrected chi connectivity index (χ4v) is 4.14. The lowest BCUT2D eigenvalue weighted by atomic mass is 10.1. The van der Waals surface area contributed by atoms with Crippen molar-refractivity contribution in [2.24, 2.45) is 11.8 Å². The van der Waals surface area contributed by atoms with Crippen LogP contribution in [0, 0.1) is 11.8 Å². The van der Waals surface area contributed by atoms with Crippen molar-refractivity contribution in [1.82, 2.24) is 0 Å². The third-order valence-electron chi connectivity index (χ3n) is 2.86. The van der Waals surface area contributed by atoms with E-state index in [9.17, 15) is 0 Å². The van der Waals surface area contributed by atoms with Crippen LogP contribution in [0.4, 0.5) is 0 Å². The summed E-state index contributed by atoms with van der Waals surface area (Å²) in [6, 6.07) is 0. The summed E-state index contributed by atoms with van der Waals surface area (Å²) in [6.07, 6.45) is 1.44. The predicted octanol–water partition coefficient (Wildman–Crippen LogP) is 4.54. The molecule has 0 aromatic rings. The molecule has 0 saturated carbocycles. The van der Waals surface area contributed by atoms with E-state index in [1.165, 1.54) is 0 Å². The van der Waals surface area contributed by atoms with Crippen LogP contribution in [0.25, 0.3) is 0 Å². The van der Waals surface area contributed by atoms with Crippen LogP contribution >= 0.6 is 63.7 Å². The van der Waals surface area contributed by atoms with Crippen LogP contribution in [0.3, 0.4) is 0 Å². The molecule has 0 rings (SSSR count). The molecule has 0 N–H and O–H groups in total. The van der Waals surface area contributed by atoms with Crippen molar-refractivity contribution in [1.29, 1.82) is 0 Å². The Morgan fingerprint density at radius 3 is 1.32 bits per heavy atom. The summed E-state index contributed by atoms with van der Waals surface area (Å²) in [5.41, 5.74) is 0. The fourth-order valence-electron chi connectivity index (χ4n) is 1.70. The molecule has 0 aromatic heterocycles. The second kappa shape index (κ2) is 13.5. The number of halogens is 4. The fraction of sp³-hybridized carbons (Fsp3) is 1.00. The zero-order valence-electron chi connectivity index (χ0n) is 11.3. The predicted molar refractivity (Wildman–Crippen MR) is 94.1 cm³/mol. The molecule has 0 amide bonds. The summed E-state index contributed by atoms with van der Waals surface area (Å²) in [4.78, 5) is 0. The smallest absolute Gasteiger partial charge is 0.163 e. The highest BCUT2D eigenvalue weighted by Crippen LogP contribution is 2.24. The van der Waals surface area contributed by atoms with Crippen molar-refractivity contribution >= 4 is 63.7 Å². The first kappa shape index (κ1) is 20.8. The van der Waals surface area contributed by atoms with Gasteiger partial charge in [-0.2, -0.15) is 0 Å². The van der Waals surface area contributed by atoms with Crippen LogP contribution in [-0.4, -0.2) is 48.1 Å². The third-order valence-corrected chi connectivity index (χ3v) is 5.44. The maximum absolute atomic E-state index is 6.01. The first-order valence-corrected chi connectivity index (χ1v) is 10.6. The second-order valence-corrected chi connectivity index (χ2v) is 7.01. The van der Waals surface area contributed by atoms with Crippen molar-refractivity contribution < 1.29 is 14.2 Å². The van der Waals surface area contributed by atoms with E-state index in [1.54, 1.807) is 14.2 Å². The standard InChI is InChI=1S/C12H22Br4O3/c1-17-11(9(7-15)3-5-13)19-12(18-2)10(8-16)4-6-14/h9-12H,3-8H2,1-2H3. The number of hydrogen-bond acceptors (Lipinski definition) is 3. The average molecular weight is 534 g/mol. The van der Waals surface area contributed by atoms with Crippen LogP contribution in [-0.2, 0) is 14.2 Å². The Kier molecular flexibility index (Phi) is 14.7. The van der Waals surface area contributed by atoms with Crippen LogP contribution in [0.1, 0.15) is 12.8 Å². The lowest BCUT2D eigenvalue weighted by Crippen LogP contribution is -2.37. The van der Waals surface area contributed by atoms with E-state index in [-0.39, 0.29) is 12.6 Å². The van der Waals surface area contributed by atoms with Crippen molar-refractivity contribution in [3.8, 4) is 0 Å². The molecule has 0 radical (unpaired) electrons. The first-order chi connectivity index (χ1) is 9.18. The van der Waals surface area contributed by atoms with Crippen molar-refractivity contribution in [3.63, 3.8) is 0 Å². The molecular formula is C12H22Br4O3.